The molecule has 1 aliphatic rings. The van der Waals surface area contributed by atoms with E-state index in [0.717, 1.165) is 25.7 Å². The van der Waals surface area contributed by atoms with E-state index in [2.05, 4.69) is 10.7 Å². The summed E-state index contributed by atoms with van der Waals surface area (Å²) in [6.45, 7) is 2.03. The highest BCUT2D eigenvalue weighted by molar-refractivity contribution is 7.07. The first-order valence-electron chi connectivity index (χ1n) is 5.67. The van der Waals surface area contributed by atoms with Crippen molar-refractivity contribution in [3.8, 4) is 0 Å². The van der Waals surface area contributed by atoms with Crippen molar-refractivity contribution in [2.24, 2.45) is 0 Å². The van der Waals surface area contributed by atoms with Crippen LogP contribution in [-0.4, -0.2) is 16.6 Å². The van der Waals surface area contributed by atoms with Gasteiger partial charge in [-0.3, -0.25) is 10.1 Å². The quantitative estimate of drug-likeness (QED) is 0.849. The molecule has 1 aromatic rings. The van der Waals surface area contributed by atoms with E-state index in [0.29, 0.717) is 0 Å². The molecule has 1 aromatic heterocycles. The van der Waals surface area contributed by atoms with Gasteiger partial charge >= 0.3 is 5.97 Å². The molecule has 0 aromatic carbocycles. The Bertz CT molecular complexity index is 355. The predicted octanol–water partition coefficient (Wildman–Crippen LogP) is 2.80. The third kappa shape index (κ3) is 2.13. The van der Waals surface area contributed by atoms with Crippen LogP contribution in [0.4, 0.5) is 0 Å². The lowest BCUT2D eigenvalue weighted by atomic mass is 9.95. The first-order chi connectivity index (χ1) is 7.64. The Morgan fingerprint density at radius 2 is 2.25 bits per heavy atom. The van der Waals surface area contributed by atoms with Gasteiger partial charge in [0.05, 0.1) is 0 Å². The van der Waals surface area contributed by atoms with Crippen LogP contribution in [0.3, 0.4) is 0 Å². The maximum absolute atomic E-state index is 11.4. The van der Waals surface area contributed by atoms with E-state index in [1.54, 1.807) is 11.3 Å². The van der Waals surface area contributed by atoms with Gasteiger partial charge in [0, 0.05) is 6.04 Å². The number of carboxylic acid groups (broad SMARTS) is 1. The fourth-order valence-corrected chi connectivity index (χ4v) is 3.17. The van der Waals surface area contributed by atoms with Crippen molar-refractivity contribution in [3.63, 3.8) is 0 Å². The Balaban J connectivity index is 2.09. The highest BCUT2D eigenvalue weighted by atomic mass is 32.1. The van der Waals surface area contributed by atoms with Gasteiger partial charge in [0.15, 0.2) is 0 Å². The Morgan fingerprint density at radius 1 is 1.56 bits per heavy atom. The van der Waals surface area contributed by atoms with Crippen LogP contribution in [0.1, 0.15) is 44.2 Å². The van der Waals surface area contributed by atoms with Gasteiger partial charge < -0.3 is 5.11 Å². The monoisotopic (exact) mass is 239 g/mol. The van der Waals surface area contributed by atoms with Crippen LogP contribution in [0, 0.1) is 0 Å². The standard InChI is InChI=1S/C12H17NO2S/c1-9(10-4-7-16-8-10)13-12(11(14)15)5-2-3-6-12/h4,7-9,13H,2-3,5-6H2,1H3,(H,14,15). The van der Waals surface area contributed by atoms with Gasteiger partial charge in [0.1, 0.15) is 5.54 Å². The molecule has 3 nitrogen and oxygen atoms in total. The number of aliphatic carboxylic acids is 1. The van der Waals surface area contributed by atoms with Crippen molar-refractivity contribution >= 4 is 17.3 Å². The second-order valence-corrected chi connectivity index (χ2v) is 5.30. The van der Waals surface area contributed by atoms with E-state index >= 15 is 0 Å². The molecular formula is C12H17NO2S. The van der Waals surface area contributed by atoms with E-state index < -0.39 is 11.5 Å². The summed E-state index contributed by atoms with van der Waals surface area (Å²) in [4.78, 5) is 11.4. The molecule has 0 saturated heterocycles. The summed E-state index contributed by atoms with van der Waals surface area (Å²) in [7, 11) is 0. The van der Waals surface area contributed by atoms with E-state index in [-0.39, 0.29) is 6.04 Å². The third-order valence-electron chi connectivity index (χ3n) is 3.40. The van der Waals surface area contributed by atoms with Crippen molar-refractivity contribution in [1.82, 2.24) is 5.32 Å². The van der Waals surface area contributed by atoms with Crippen LogP contribution in [0.2, 0.25) is 0 Å². The number of rotatable bonds is 4. The molecule has 0 amide bonds. The molecule has 4 heteroatoms. The minimum Gasteiger partial charge on any atom is -0.480 e. The Hall–Kier alpha value is -0.870. The van der Waals surface area contributed by atoms with Gasteiger partial charge in [-0.05, 0) is 42.2 Å². The summed E-state index contributed by atoms with van der Waals surface area (Å²) in [6, 6.07) is 2.16. The van der Waals surface area contributed by atoms with Gasteiger partial charge in [-0.25, -0.2) is 0 Å². The molecule has 2 N–H and O–H groups in total. The van der Waals surface area contributed by atoms with Crippen LogP contribution in [-0.2, 0) is 4.79 Å². The largest absolute Gasteiger partial charge is 0.480 e. The van der Waals surface area contributed by atoms with E-state index in [1.807, 2.05) is 18.4 Å². The van der Waals surface area contributed by atoms with Crippen LogP contribution in [0.25, 0.3) is 0 Å². The summed E-state index contributed by atoms with van der Waals surface area (Å²) in [5, 5.41) is 16.7. The smallest absolute Gasteiger partial charge is 0.323 e. The van der Waals surface area contributed by atoms with Crippen molar-refractivity contribution < 1.29 is 9.90 Å². The normalized spacial score (nSPS) is 20.8. The Labute approximate surface area is 99.5 Å². The highest BCUT2D eigenvalue weighted by Gasteiger charge is 2.42. The minimum atomic E-state index is -0.702. The molecule has 16 heavy (non-hydrogen) atoms. The molecular weight excluding hydrogens is 222 g/mol. The summed E-state index contributed by atoms with van der Waals surface area (Å²) < 4.78 is 0. The van der Waals surface area contributed by atoms with E-state index in [9.17, 15) is 9.90 Å². The van der Waals surface area contributed by atoms with Crippen molar-refractivity contribution in [1.29, 1.82) is 0 Å². The lowest BCUT2D eigenvalue weighted by Gasteiger charge is -2.29. The first kappa shape index (κ1) is 11.6. The van der Waals surface area contributed by atoms with Gasteiger partial charge in [-0.1, -0.05) is 12.8 Å². The molecule has 1 saturated carbocycles. The predicted molar refractivity (Wildman–Crippen MR) is 64.7 cm³/mol. The van der Waals surface area contributed by atoms with Crippen molar-refractivity contribution in [3.05, 3.63) is 22.4 Å². The second kappa shape index (κ2) is 4.55. The molecule has 0 radical (unpaired) electrons. The summed E-state index contributed by atoms with van der Waals surface area (Å²) in [5.74, 6) is -0.702. The molecule has 1 atom stereocenters. The molecule has 0 spiro atoms. The molecule has 88 valence electrons. The zero-order chi connectivity index (χ0) is 11.6. The fourth-order valence-electron chi connectivity index (χ4n) is 2.42. The van der Waals surface area contributed by atoms with Gasteiger partial charge in [0.25, 0.3) is 0 Å². The molecule has 1 unspecified atom stereocenters. The fraction of sp³-hybridized carbons (Fsp3) is 0.583. The third-order valence-corrected chi connectivity index (χ3v) is 4.10. The van der Waals surface area contributed by atoms with Crippen LogP contribution in [0.15, 0.2) is 16.8 Å². The van der Waals surface area contributed by atoms with Crippen molar-refractivity contribution in [2.45, 2.75) is 44.2 Å². The van der Waals surface area contributed by atoms with E-state index in [1.165, 1.54) is 5.56 Å². The first-order valence-corrected chi connectivity index (χ1v) is 6.61. The van der Waals surface area contributed by atoms with E-state index in [4.69, 9.17) is 0 Å². The molecule has 0 bridgehead atoms. The molecule has 1 aliphatic carbocycles. The zero-order valence-corrected chi connectivity index (χ0v) is 10.2. The van der Waals surface area contributed by atoms with Crippen LogP contribution < -0.4 is 5.32 Å². The number of carboxylic acids is 1. The van der Waals surface area contributed by atoms with Crippen molar-refractivity contribution in [2.75, 3.05) is 0 Å². The maximum Gasteiger partial charge on any atom is 0.323 e. The number of hydrogen-bond acceptors (Lipinski definition) is 3. The molecule has 0 aliphatic heterocycles. The molecule has 2 rings (SSSR count). The van der Waals surface area contributed by atoms with Crippen LogP contribution >= 0.6 is 11.3 Å². The SMILES string of the molecule is CC(NC1(C(=O)O)CCCC1)c1ccsc1. The lowest BCUT2D eigenvalue weighted by molar-refractivity contribution is -0.145. The Morgan fingerprint density at radius 3 is 2.75 bits per heavy atom. The zero-order valence-electron chi connectivity index (χ0n) is 9.40. The van der Waals surface area contributed by atoms with Gasteiger partial charge in [-0.2, -0.15) is 11.3 Å². The maximum atomic E-state index is 11.4. The topological polar surface area (TPSA) is 49.3 Å². The second-order valence-electron chi connectivity index (χ2n) is 4.52. The molecule has 1 fully saturated rings. The molecule has 1 heterocycles. The van der Waals surface area contributed by atoms with Crippen LogP contribution in [0.5, 0.6) is 0 Å². The lowest BCUT2D eigenvalue weighted by Crippen LogP contribution is -2.50. The highest BCUT2D eigenvalue weighted by Crippen LogP contribution is 2.32. The summed E-state index contributed by atoms with van der Waals surface area (Å²) >= 11 is 1.65. The summed E-state index contributed by atoms with van der Waals surface area (Å²) in [5.41, 5.74) is 0.485. The summed E-state index contributed by atoms with van der Waals surface area (Å²) in [6.07, 6.45) is 3.51. The number of carbonyl (C=O) groups is 1. The number of hydrogen-bond donors (Lipinski definition) is 2. The average Bonchev–Trinajstić information content (AvgIpc) is 2.88. The number of thiophene rings is 1. The number of nitrogens with one attached hydrogen (secondary N) is 1. The van der Waals surface area contributed by atoms with Gasteiger partial charge in [0.2, 0.25) is 0 Å². The van der Waals surface area contributed by atoms with Gasteiger partial charge in [-0.15, -0.1) is 0 Å². The average molecular weight is 239 g/mol. The Kier molecular flexibility index (Phi) is 3.30. The minimum absolute atomic E-state index is 0.112.